The Morgan fingerprint density at radius 3 is 2.60 bits per heavy atom. The number of carbonyl (C=O) groups is 1. The fourth-order valence-corrected chi connectivity index (χ4v) is 4.18. The lowest BCUT2D eigenvalue weighted by molar-refractivity contribution is -0.122. The van der Waals surface area contributed by atoms with Crippen molar-refractivity contribution in [2.75, 3.05) is 0 Å². The van der Waals surface area contributed by atoms with Crippen LogP contribution in [0.5, 0.6) is 0 Å². The Kier molecular flexibility index (Phi) is 7.05. The van der Waals surface area contributed by atoms with Crippen LogP contribution in [-0.2, 0) is 11.3 Å². The van der Waals surface area contributed by atoms with Gasteiger partial charge in [0.15, 0.2) is 0 Å². The third kappa shape index (κ3) is 4.63. The van der Waals surface area contributed by atoms with E-state index in [4.69, 9.17) is 0 Å². The number of nitrogens with one attached hydrogen (secondary N) is 2. The first-order valence-corrected chi connectivity index (χ1v) is 8.63. The molecule has 2 unspecified atom stereocenters. The topological polar surface area (TPSA) is 54.0 Å². The highest BCUT2D eigenvalue weighted by Crippen LogP contribution is 2.32. The van der Waals surface area contributed by atoms with Crippen molar-refractivity contribution < 1.29 is 4.79 Å². The second-order valence-electron chi connectivity index (χ2n) is 6.95. The van der Waals surface area contributed by atoms with Gasteiger partial charge in [-0.15, -0.1) is 24.8 Å². The summed E-state index contributed by atoms with van der Waals surface area (Å²) in [6, 6.07) is 11.4. The van der Waals surface area contributed by atoms with Crippen LogP contribution in [0.4, 0.5) is 0 Å². The smallest absolute Gasteiger partial charge is 0.220 e. The Morgan fingerprint density at radius 2 is 1.84 bits per heavy atom. The van der Waals surface area contributed by atoms with Gasteiger partial charge in [0.1, 0.15) is 0 Å². The molecule has 4 rings (SSSR count). The van der Waals surface area contributed by atoms with E-state index in [1.807, 2.05) is 18.2 Å². The highest BCUT2D eigenvalue weighted by Gasteiger charge is 2.34. The van der Waals surface area contributed by atoms with E-state index in [-0.39, 0.29) is 30.7 Å². The third-order valence-corrected chi connectivity index (χ3v) is 5.24. The van der Waals surface area contributed by atoms with Crippen molar-refractivity contribution in [1.29, 1.82) is 0 Å². The van der Waals surface area contributed by atoms with Crippen molar-refractivity contribution in [1.82, 2.24) is 15.6 Å². The number of benzene rings is 1. The van der Waals surface area contributed by atoms with Gasteiger partial charge in [-0.05, 0) is 43.2 Å². The first-order chi connectivity index (χ1) is 11.3. The zero-order valence-electron chi connectivity index (χ0n) is 14.1. The number of hydrogen-bond donors (Lipinski definition) is 2. The molecule has 25 heavy (non-hydrogen) atoms. The number of aromatic nitrogens is 1. The van der Waals surface area contributed by atoms with Crippen molar-refractivity contribution in [3.8, 4) is 0 Å². The van der Waals surface area contributed by atoms with Gasteiger partial charge >= 0.3 is 0 Å². The van der Waals surface area contributed by atoms with Gasteiger partial charge in [0.25, 0.3) is 0 Å². The highest BCUT2D eigenvalue weighted by atomic mass is 35.5. The van der Waals surface area contributed by atoms with Gasteiger partial charge in [0, 0.05) is 36.6 Å². The number of hydrogen-bond acceptors (Lipinski definition) is 3. The van der Waals surface area contributed by atoms with Crippen LogP contribution in [0, 0.1) is 5.92 Å². The van der Waals surface area contributed by atoms with Gasteiger partial charge in [-0.3, -0.25) is 9.78 Å². The van der Waals surface area contributed by atoms with E-state index in [1.54, 1.807) is 6.20 Å². The Bertz CT molecular complexity index is 707. The van der Waals surface area contributed by atoms with Gasteiger partial charge in [-0.2, -0.15) is 0 Å². The maximum absolute atomic E-state index is 12.3. The van der Waals surface area contributed by atoms with E-state index < -0.39 is 0 Å². The molecule has 1 aromatic heterocycles. The van der Waals surface area contributed by atoms with Crippen molar-refractivity contribution in [3.63, 3.8) is 0 Å². The Hall–Kier alpha value is -1.36. The molecule has 1 aromatic carbocycles. The molecule has 0 saturated carbocycles. The summed E-state index contributed by atoms with van der Waals surface area (Å²) in [7, 11) is 0. The molecule has 2 aliphatic rings. The number of piperidine rings is 1. The van der Waals surface area contributed by atoms with Gasteiger partial charge in [-0.1, -0.05) is 24.3 Å². The van der Waals surface area contributed by atoms with Gasteiger partial charge in [0.05, 0.1) is 5.52 Å². The zero-order valence-corrected chi connectivity index (χ0v) is 15.7. The van der Waals surface area contributed by atoms with E-state index in [9.17, 15) is 4.79 Å². The fraction of sp³-hybridized carbons (Fsp3) is 0.474. The van der Waals surface area contributed by atoms with E-state index in [0.29, 0.717) is 31.0 Å². The van der Waals surface area contributed by atoms with E-state index >= 15 is 0 Å². The first-order valence-electron chi connectivity index (χ1n) is 8.63. The number of para-hydroxylation sites is 1. The number of carbonyl (C=O) groups excluding carboxylic acids is 1. The third-order valence-electron chi connectivity index (χ3n) is 5.24. The molecule has 2 saturated heterocycles. The molecule has 4 nitrogen and oxygen atoms in total. The van der Waals surface area contributed by atoms with Crippen molar-refractivity contribution in [2.24, 2.45) is 5.92 Å². The predicted octanol–water partition coefficient (Wildman–Crippen LogP) is 3.62. The Labute approximate surface area is 161 Å². The number of rotatable bonds is 4. The minimum absolute atomic E-state index is 0. The summed E-state index contributed by atoms with van der Waals surface area (Å²) in [5.74, 6) is 0.712. The summed E-state index contributed by atoms with van der Waals surface area (Å²) < 4.78 is 0. The summed E-state index contributed by atoms with van der Waals surface area (Å²) in [5, 5.41) is 7.84. The maximum atomic E-state index is 12.3. The summed E-state index contributed by atoms with van der Waals surface area (Å²) >= 11 is 0. The van der Waals surface area contributed by atoms with Crippen molar-refractivity contribution in [2.45, 2.75) is 50.7 Å². The highest BCUT2D eigenvalue weighted by molar-refractivity contribution is 5.85. The molecule has 6 heteroatoms. The summed E-state index contributed by atoms with van der Waals surface area (Å²) in [6.45, 7) is 0.561. The summed E-state index contributed by atoms with van der Waals surface area (Å²) in [6.07, 6.45) is 7.33. The van der Waals surface area contributed by atoms with Crippen LogP contribution in [0.15, 0.2) is 36.5 Å². The molecular formula is C19H25Cl2N3O. The van der Waals surface area contributed by atoms with E-state index in [2.05, 4.69) is 27.8 Å². The minimum atomic E-state index is 0. The van der Waals surface area contributed by atoms with Gasteiger partial charge < -0.3 is 10.6 Å². The molecule has 2 N–H and O–H groups in total. The quantitative estimate of drug-likeness (QED) is 0.850. The van der Waals surface area contributed by atoms with Crippen LogP contribution in [0.25, 0.3) is 10.9 Å². The number of pyridine rings is 1. The Balaban J connectivity index is 0.00000113. The largest absolute Gasteiger partial charge is 0.352 e. The first kappa shape index (κ1) is 20.0. The molecule has 2 bridgehead atoms. The molecule has 3 heterocycles. The predicted molar refractivity (Wildman–Crippen MR) is 105 cm³/mol. The molecule has 136 valence electrons. The lowest BCUT2D eigenvalue weighted by atomic mass is 9.89. The summed E-state index contributed by atoms with van der Waals surface area (Å²) in [5.41, 5.74) is 2.07. The average molecular weight is 382 g/mol. The molecular weight excluding hydrogens is 357 g/mol. The van der Waals surface area contributed by atoms with Crippen LogP contribution in [0.3, 0.4) is 0 Å². The molecule has 0 radical (unpaired) electrons. The van der Waals surface area contributed by atoms with Gasteiger partial charge in [-0.25, -0.2) is 0 Å². The molecule has 2 aliphatic heterocycles. The normalized spacial score (nSPS) is 24.2. The van der Waals surface area contributed by atoms with Gasteiger partial charge in [0.2, 0.25) is 5.91 Å². The van der Waals surface area contributed by atoms with E-state index in [1.165, 1.54) is 12.8 Å². The van der Waals surface area contributed by atoms with Crippen molar-refractivity contribution >= 4 is 41.6 Å². The number of halogens is 2. The van der Waals surface area contributed by atoms with Crippen molar-refractivity contribution in [3.05, 3.63) is 42.1 Å². The number of amides is 1. The molecule has 0 aliphatic carbocycles. The molecule has 0 spiro atoms. The molecule has 2 aromatic rings. The van der Waals surface area contributed by atoms with Crippen LogP contribution in [0.1, 0.15) is 37.7 Å². The monoisotopic (exact) mass is 381 g/mol. The van der Waals surface area contributed by atoms with Crippen LogP contribution in [0.2, 0.25) is 0 Å². The van der Waals surface area contributed by atoms with Crippen LogP contribution >= 0.6 is 24.8 Å². The lowest BCUT2D eigenvalue weighted by Crippen LogP contribution is -2.39. The zero-order chi connectivity index (χ0) is 15.6. The second kappa shape index (κ2) is 8.84. The molecule has 1 amide bonds. The van der Waals surface area contributed by atoms with E-state index in [0.717, 1.165) is 29.3 Å². The maximum Gasteiger partial charge on any atom is 0.220 e. The summed E-state index contributed by atoms with van der Waals surface area (Å²) in [4.78, 5) is 16.7. The SMILES string of the molecule is Cl.Cl.O=C(CC1CC2CCC(C1)N2)NCc1cccc2cccnc12. The van der Waals surface area contributed by atoms with Crippen LogP contribution in [-0.4, -0.2) is 23.0 Å². The number of fused-ring (bicyclic) bond motifs is 3. The van der Waals surface area contributed by atoms with Crippen LogP contribution < -0.4 is 10.6 Å². The standard InChI is InChI=1S/C19H23N3O.2ClH/c23-18(11-13-9-16-6-7-17(10-13)22-16)21-12-15-4-1-3-14-5-2-8-20-19(14)15;;/h1-5,8,13,16-17,22H,6-7,9-12H2,(H,21,23);2*1H. The molecule has 2 atom stereocenters. The lowest BCUT2D eigenvalue weighted by Gasteiger charge is -2.28. The molecule has 2 fully saturated rings. The fourth-order valence-electron chi connectivity index (χ4n) is 4.18. The average Bonchev–Trinajstić information content (AvgIpc) is 2.91. The number of nitrogens with zero attached hydrogens (tertiary/aromatic N) is 1. The Morgan fingerprint density at radius 1 is 1.12 bits per heavy atom. The minimum Gasteiger partial charge on any atom is -0.352 e. The second-order valence-corrected chi connectivity index (χ2v) is 6.95.